The number of nitrogens with one attached hydrogen (secondary N) is 1. The summed E-state index contributed by atoms with van der Waals surface area (Å²) < 4.78 is 0. The third-order valence-corrected chi connectivity index (χ3v) is 5.30. The normalized spacial score (nSPS) is 14.5. The van der Waals surface area contributed by atoms with Crippen LogP contribution in [0.4, 0.5) is 17.2 Å². The van der Waals surface area contributed by atoms with Crippen LogP contribution in [-0.2, 0) is 0 Å². The molecule has 1 aliphatic rings. The lowest BCUT2D eigenvalue weighted by molar-refractivity contribution is -0.384. The molecule has 4 rings (SSSR count). The minimum Gasteiger partial charge on any atom is -0.399 e. The minimum absolute atomic E-state index is 0.0250. The van der Waals surface area contributed by atoms with Crippen molar-refractivity contribution in [1.29, 1.82) is 0 Å². The van der Waals surface area contributed by atoms with E-state index in [4.69, 9.17) is 5.73 Å². The topological polar surface area (TPSA) is 107 Å². The van der Waals surface area contributed by atoms with Gasteiger partial charge in [-0.2, -0.15) is 0 Å². The quantitative estimate of drug-likeness (QED) is 0.359. The molecular weight excluding hydrogens is 366 g/mol. The molecule has 0 amide bonds. The molecule has 3 aromatic rings. The van der Waals surface area contributed by atoms with E-state index in [1.54, 1.807) is 6.07 Å². The van der Waals surface area contributed by atoms with Crippen LogP contribution in [0.5, 0.6) is 0 Å². The lowest BCUT2D eigenvalue weighted by atomic mass is 9.95. The van der Waals surface area contributed by atoms with Crippen LogP contribution in [0.3, 0.4) is 0 Å². The average molecular weight is 389 g/mol. The van der Waals surface area contributed by atoms with Gasteiger partial charge in [0.05, 0.1) is 4.92 Å². The summed E-state index contributed by atoms with van der Waals surface area (Å²) in [5, 5.41) is 23.5. The Morgan fingerprint density at radius 1 is 0.966 bits per heavy atom. The van der Waals surface area contributed by atoms with Gasteiger partial charge in [0.15, 0.2) is 0 Å². The summed E-state index contributed by atoms with van der Waals surface area (Å²) in [6.45, 7) is 0. The van der Waals surface area contributed by atoms with Gasteiger partial charge in [0.1, 0.15) is 11.5 Å². The largest absolute Gasteiger partial charge is 0.399 e. The standard InChI is InChI=1S/C22H23N5O2/c23-17-11-9-15(10-12-17)20-14-21(24-18-6-2-1-3-7-18)25-26-22(20)16-5-4-8-19(13-16)27(28)29/h4-5,8-14,18H,1-3,6-7,23H2,(H,24,25). The number of nitrogens with two attached hydrogens (primary N) is 1. The average Bonchev–Trinajstić information content (AvgIpc) is 2.75. The Bertz CT molecular complexity index is 1010. The smallest absolute Gasteiger partial charge is 0.270 e. The van der Waals surface area contributed by atoms with Gasteiger partial charge in [-0.25, -0.2) is 0 Å². The number of anilines is 2. The first-order valence-corrected chi connectivity index (χ1v) is 9.85. The van der Waals surface area contributed by atoms with Gasteiger partial charge in [-0.3, -0.25) is 10.1 Å². The van der Waals surface area contributed by atoms with Crippen LogP contribution in [0.25, 0.3) is 22.4 Å². The molecule has 7 nitrogen and oxygen atoms in total. The van der Waals surface area contributed by atoms with Crippen LogP contribution < -0.4 is 11.1 Å². The molecule has 1 aromatic heterocycles. The molecule has 0 atom stereocenters. The minimum atomic E-state index is -0.404. The molecule has 7 heteroatoms. The van der Waals surface area contributed by atoms with Gasteiger partial charge < -0.3 is 11.1 Å². The van der Waals surface area contributed by atoms with Crippen molar-refractivity contribution in [3.05, 3.63) is 64.7 Å². The Balaban J connectivity index is 1.76. The Morgan fingerprint density at radius 3 is 2.45 bits per heavy atom. The molecule has 148 valence electrons. The van der Waals surface area contributed by atoms with E-state index in [-0.39, 0.29) is 5.69 Å². The second-order valence-corrected chi connectivity index (χ2v) is 7.40. The second-order valence-electron chi connectivity index (χ2n) is 7.40. The zero-order valence-corrected chi connectivity index (χ0v) is 16.0. The Kier molecular flexibility index (Phi) is 5.37. The van der Waals surface area contributed by atoms with Gasteiger partial charge >= 0.3 is 0 Å². The van der Waals surface area contributed by atoms with Crippen LogP contribution >= 0.6 is 0 Å². The summed E-state index contributed by atoms with van der Waals surface area (Å²) in [4.78, 5) is 10.8. The third-order valence-electron chi connectivity index (χ3n) is 5.30. The molecule has 0 radical (unpaired) electrons. The number of hydrogen-bond acceptors (Lipinski definition) is 6. The zero-order chi connectivity index (χ0) is 20.2. The van der Waals surface area contributed by atoms with E-state index in [1.165, 1.54) is 31.4 Å². The number of nitrogens with zero attached hydrogens (tertiary/aromatic N) is 3. The van der Waals surface area contributed by atoms with E-state index >= 15 is 0 Å². The van der Waals surface area contributed by atoms with E-state index in [9.17, 15) is 10.1 Å². The number of nitro benzene ring substituents is 1. The van der Waals surface area contributed by atoms with Gasteiger partial charge in [-0.1, -0.05) is 43.5 Å². The Labute approximate surface area is 169 Å². The first kappa shape index (κ1) is 18.9. The predicted molar refractivity (Wildman–Crippen MR) is 114 cm³/mol. The van der Waals surface area contributed by atoms with Crippen molar-refractivity contribution >= 4 is 17.2 Å². The first-order valence-electron chi connectivity index (χ1n) is 9.85. The molecule has 0 aliphatic heterocycles. The van der Waals surface area contributed by atoms with Gasteiger partial charge in [0, 0.05) is 35.0 Å². The number of nitro groups is 1. The molecule has 1 saturated carbocycles. The van der Waals surface area contributed by atoms with E-state index in [1.807, 2.05) is 36.4 Å². The van der Waals surface area contributed by atoms with Crippen molar-refractivity contribution in [2.24, 2.45) is 0 Å². The van der Waals surface area contributed by atoms with E-state index in [0.29, 0.717) is 23.0 Å². The summed E-state index contributed by atoms with van der Waals surface area (Å²) >= 11 is 0. The maximum atomic E-state index is 11.2. The van der Waals surface area contributed by atoms with Crippen LogP contribution in [-0.4, -0.2) is 21.2 Å². The fraction of sp³-hybridized carbons (Fsp3) is 0.273. The maximum Gasteiger partial charge on any atom is 0.270 e. The number of rotatable bonds is 5. The molecule has 0 spiro atoms. The fourth-order valence-electron chi connectivity index (χ4n) is 3.78. The highest BCUT2D eigenvalue weighted by Gasteiger charge is 2.17. The summed E-state index contributed by atoms with van der Waals surface area (Å²) in [5.74, 6) is 0.720. The van der Waals surface area contributed by atoms with Crippen molar-refractivity contribution in [2.75, 3.05) is 11.1 Å². The monoisotopic (exact) mass is 389 g/mol. The number of hydrogen-bond donors (Lipinski definition) is 2. The zero-order valence-electron chi connectivity index (χ0n) is 16.0. The van der Waals surface area contributed by atoms with Crippen LogP contribution in [0, 0.1) is 10.1 Å². The molecule has 0 bridgehead atoms. The number of non-ortho nitro benzene ring substituents is 1. The van der Waals surface area contributed by atoms with Crippen LogP contribution in [0.1, 0.15) is 32.1 Å². The molecule has 0 saturated heterocycles. The van der Waals surface area contributed by atoms with Crippen molar-refractivity contribution < 1.29 is 4.92 Å². The highest BCUT2D eigenvalue weighted by Crippen LogP contribution is 2.34. The van der Waals surface area contributed by atoms with Crippen LogP contribution in [0.2, 0.25) is 0 Å². The Hall–Kier alpha value is -3.48. The summed E-state index contributed by atoms with van der Waals surface area (Å²) in [6, 6.07) is 16.4. The number of aromatic nitrogens is 2. The highest BCUT2D eigenvalue weighted by atomic mass is 16.6. The van der Waals surface area contributed by atoms with Crippen molar-refractivity contribution in [3.63, 3.8) is 0 Å². The van der Waals surface area contributed by atoms with Gasteiger partial charge in [-0.05, 0) is 36.6 Å². The van der Waals surface area contributed by atoms with Crippen molar-refractivity contribution in [1.82, 2.24) is 10.2 Å². The lowest BCUT2D eigenvalue weighted by Gasteiger charge is -2.23. The number of benzene rings is 2. The lowest BCUT2D eigenvalue weighted by Crippen LogP contribution is -2.23. The van der Waals surface area contributed by atoms with Gasteiger partial charge in [0.2, 0.25) is 0 Å². The summed E-state index contributed by atoms with van der Waals surface area (Å²) in [6.07, 6.45) is 5.99. The maximum absolute atomic E-state index is 11.2. The van der Waals surface area contributed by atoms with Crippen LogP contribution in [0.15, 0.2) is 54.6 Å². The molecular formula is C22H23N5O2. The summed E-state index contributed by atoms with van der Waals surface area (Å²) in [5.41, 5.74) is 9.60. The molecule has 1 heterocycles. The second kappa shape index (κ2) is 8.26. The van der Waals surface area contributed by atoms with Crippen molar-refractivity contribution in [3.8, 4) is 22.4 Å². The van der Waals surface area contributed by atoms with Gasteiger partial charge in [-0.15, -0.1) is 10.2 Å². The first-order chi connectivity index (χ1) is 14.1. The summed E-state index contributed by atoms with van der Waals surface area (Å²) in [7, 11) is 0. The van der Waals surface area contributed by atoms with E-state index < -0.39 is 4.92 Å². The molecule has 2 aromatic carbocycles. The SMILES string of the molecule is Nc1ccc(-c2cc(NC3CCCCC3)nnc2-c2cccc([N+](=O)[O-])c2)cc1. The number of nitrogen functional groups attached to an aromatic ring is 1. The van der Waals surface area contributed by atoms with Crippen molar-refractivity contribution in [2.45, 2.75) is 38.1 Å². The molecule has 3 N–H and O–H groups in total. The molecule has 1 aliphatic carbocycles. The van der Waals surface area contributed by atoms with Gasteiger partial charge in [0.25, 0.3) is 5.69 Å². The predicted octanol–water partition coefficient (Wildman–Crippen LogP) is 5.05. The fourth-order valence-corrected chi connectivity index (χ4v) is 3.78. The highest BCUT2D eigenvalue weighted by molar-refractivity contribution is 5.83. The third kappa shape index (κ3) is 4.34. The molecule has 0 unspecified atom stereocenters. The van der Waals surface area contributed by atoms with E-state index in [2.05, 4.69) is 15.5 Å². The van der Waals surface area contributed by atoms with E-state index in [0.717, 1.165) is 29.8 Å². The molecule has 1 fully saturated rings. The molecule has 29 heavy (non-hydrogen) atoms. The Morgan fingerprint density at radius 2 is 1.72 bits per heavy atom.